The highest BCUT2D eigenvalue weighted by atomic mass is 35.5. The summed E-state index contributed by atoms with van der Waals surface area (Å²) in [5, 5.41) is 4.08. The molecule has 0 aliphatic carbocycles. The SMILES string of the molecule is CCCCCCCNCc1cc(Cl)c(OCCC)c(OC)c1. The summed E-state index contributed by atoms with van der Waals surface area (Å²) >= 11 is 6.31. The van der Waals surface area contributed by atoms with Crippen molar-refractivity contribution >= 4 is 11.6 Å². The van der Waals surface area contributed by atoms with Crippen molar-refractivity contribution in [3.05, 3.63) is 22.7 Å². The number of hydrogen-bond acceptors (Lipinski definition) is 3. The Balaban J connectivity index is 2.45. The second-order valence-electron chi connectivity index (χ2n) is 5.55. The minimum Gasteiger partial charge on any atom is -0.493 e. The van der Waals surface area contributed by atoms with Crippen LogP contribution >= 0.6 is 11.6 Å². The molecule has 0 aromatic heterocycles. The molecule has 0 bridgehead atoms. The minimum atomic E-state index is 0.618. The number of halogens is 1. The van der Waals surface area contributed by atoms with E-state index in [4.69, 9.17) is 21.1 Å². The zero-order chi connectivity index (χ0) is 16.2. The Bertz CT molecular complexity index is 424. The molecule has 1 aromatic rings. The molecule has 22 heavy (non-hydrogen) atoms. The first-order valence-electron chi connectivity index (χ1n) is 8.42. The van der Waals surface area contributed by atoms with E-state index in [1.54, 1.807) is 7.11 Å². The van der Waals surface area contributed by atoms with Crippen molar-refractivity contribution in [2.75, 3.05) is 20.3 Å². The molecule has 126 valence electrons. The first kappa shape index (κ1) is 19.1. The Kier molecular flexibility index (Phi) is 10.1. The Morgan fingerprint density at radius 1 is 1.05 bits per heavy atom. The highest BCUT2D eigenvalue weighted by Gasteiger charge is 2.11. The van der Waals surface area contributed by atoms with Gasteiger partial charge in [0, 0.05) is 6.54 Å². The van der Waals surface area contributed by atoms with Crippen molar-refractivity contribution in [1.29, 1.82) is 0 Å². The Hall–Kier alpha value is -0.930. The highest BCUT2D eigenvalue weighted by Crippen LogP contribution is 2.36. The predicted octanol–water partition coefficient (Wildman–Crippen LogP) is 5.20. The molecule has 1 N–H and O–H groups in total. The zero-order valence-electron chi connectivity index (χ0n) is 14.2. The molecule has 3 nitrogen and oxygen atoms in total. The quantitative estimate of drug-likeness (QED) is 0.535. The van der Waals surface area contributed by atoms with Crippen molar-refractivity contribution < 1.29 is 9.47 Å². The second kappa shape index (κ2) is 11.6. The van der Waals surface area contributed by atoms with Crippen LogP contribution in [0.5, 0.6) is 11.5 Å². The maximum atomic E-state index is 6.31. The van der Waals surface area contributed by atoms with Crippen LogP contribution in [0.25, 0.3) is 0 Å². The van der Waals surface area contributed by atoms with E-state index < -0.39 is 0 Å². The zero-order valence-corrected chi connectivity index (χ0v) is 15.0. The molecule has 0 saturated carbocycles. The van der Waals surface area contributed by atoms with Crippen LogP contribution in [0, 0.1) is 0 Å². The molecule has 0 atom stereocenters. The summed E-state index contributed by atoms with van der Waals surface area (Å²) in [5.41, 5.74) is 1.12. The van der Waals surface area contributed by atoms with Gasteiger partial charge in [0.25, 0.3) is 0 Å². The van der Waals surface area contributed by atoms with Crippen molar-refractivity contribution in [3.8, 4) is 11.5 Å². The van der Waals surface area contributed by atoms with Crippen molar-refractivity contribution in [2.24, 2.45) is 0 Å². The lowest BCUT2D eigenvalue weighted by Gasteiger charge is -2.14. The fourth-order valence-electron chi connectivity index (χ4n) is 2.31. The molecule has 0 saturated heterocycles. The molecule has 0 heterocycles. The first-order valence-corrected chi connectivity index (χ1v) is 8.80. The largest absolute Gasteiger partial charge is 0.493 e. The second-order valence-corrected chi connectivity index (χ2v) is 5.96. The maximum absolute atomic E-state index is 6.31. The number of methoxy groups -OCH3 is 1. The fourth-order valence-corrected chi connectivity index (χ4v) is 2.59. The highest BCUT2D eigenvalue weighted by molar-refractivity contribution is 6.32. The molecule has 1 aromatic carbocycles. The summed E-state index contributed by atoms with van der Waals surface area (Å²) in [6.07, 6.45) is 7.43. The van der Waals surface area contributed by atoms with Gasteiger partial charge in [-0.15, -0.1) is 0 Å². The molecule has 0 fully saturated rings. The summed E-state index contributed by atoms with van der Waals surface area (Å²) in [7, 11) is 1.65. The Labute approximate surface area is 140 Å². The van der Waals surface area contributed by atoms with E-state index in [2.05, 4.69) is 19.2 Å². The van der Waals surface area contributed by atoms with Gasteiger partial charge >= 0.3 is 0 Å². The molecular weight excluding hydrogens is 298 g/mol. The molecular formula is C18H30ClNO2. The van der Waals surface area contributed by atoms with Gasteiger partial charge in [-0.05, 0) is 37.1 Å². The molecule has 0 amide bonds. The number of rotatable bonds is 12. The van der Waals surface area contributed by atoms with Gasteiger partial charge in [-0.3, -0.25) is 0 Å². The summed E-state index contributed by atoms with van der Waals surface area (Å²) < 4.78 is 11.1. The van der Waals surface area contributed by atoms with Crippen LogP contribution in [0.3, 0.4) is 0 Å². The van der Waals surface area contributed by atoms with Crippen LogP contribution in [0.1, 0.15) is 57.9 Å². The van der Waals surface area contributed by atoms with Crippen LogP contribution in [0.15, 0.2) is 12.1 Å². The van der Waals surface area contributed by atoms with Gasteiger partial charge in [-0.1, -0.05) is 51.1 Å². The third kappa shape index (κ3) is 6.89. The van der Waals surface area contributed by atoms with E-state index in [1.165, 1.54) is 32.1 Å². The van der Waals surface area contributed by atoms with Gasteiger partial charge in [0.05, 0.1) is 18.7 Å². The third-order valence-corrected chi connectivity index (χ3v) is 3.81. The summed E-state index contributed by atoms with van der Waals surface area (Å²) in [6, 6.07) is 3.96. The lowest BCUT2D eigenvalue weighted by atomic mass is 10.1. The van der Waals surface area contributed by atoms with E-state index >= 15 is 0 Å². The van der Waals surface area contributed by atoms with Crippen LogP contribution in [0.4, 0.5) is 0 Å². The normalized spacial score (nSPS) is 10.7. The summed E-state index contributed by atoms with van der Waals surface area (Å²) in [4.78, 5) is 0. The van der Waals surface area contributed by atoms with E-state index in [1.807, 2.05) is 12.1 Å². The fraction of sp³-hybridized carbons (Fsp3) is 0.667. The molecule has 0 spiro atoms. The van der Waals surface area contributed by atoms with Gasteiger partial charge in [-0.25, -0.2) is 0 Å². The lowest BCUT2D eigenvalue weighted by molar-refractivity contribution is 0.294. The van der Waals surface area contributed by atoms with Crippen LogP contribution in [0.2, 0.25) is 5.02 Å². The van der Waals surface area contributed by atoms with Crippen molar-refractivity contribution in [1.82, 2.24) is 5.32 Å². The van der Waals surface area contributed by atoms with Gasteiger partial charge in [0.15, 0.2) is 11.5 Å². The standard InChI is InChI=1S/C18H30ClNO2/c1-4-6-7-8-9-10-20-14-15-12-16(19)18(22-11-5-2)17(13-15)21-3/h12-13,20H,4-11,14H2,1-3H3. The van der Waals surface area contributed by atoms with Gasteiger partial charge < -0.3 is 14.8 Å². The summed E-state index contributed by atoms with van der Waals surface area (Å²) in [5.74, 6) is 1.36. The Morgan fingerprint density at radius 3 is 2.50 bits per heavy atom. The van der Waals surface area contributed by atoms with E-state index in [0.717, 1.165) is 25.1 Å². The van der Waals surface area contributed by atoms with Crippen LogP contribution in [-0.4, -0.2) is 20.3 Å². The average Bonchev–Trinajstić information content (AvgIpc) is 2.52. The van der Waals surface area contributed by atoms with Gasteiger partial charge in [-0.2, -0.15) is 0 Å². The minimum absolute atomic E-state index is 0.618. The monoisotopic (exact) mass is 327 g/mol. The number of nitrogens with one attached hydrogen (secondary N) is 1. The number of ether oxygens (including phenoxy) is 2. The predicted molar refractivity (Wildman–Crippen MR) is 94.3 cm³/mol. The maximum Gasteiger partial charge on any atom is 0.179 e. The smallest absolute Gasteiger partial charge is 0.179 e. The van der Waals surface area contributed by atoms with Crippen LogP contribution in [-0.2, 0) is 6.54 Å². The molecule has 0 unspecified atom stereocenters. The number of unbranched alkanes of at least 4 members (excludes halogenated alkanes) is 4. The molecule has 0 aliphatic heterocycles. The van der Waals surface area contributed by atoms with E-state index in [0.29, 0.717) is 23.1 Å². The van der Waals surface area contributed by atoms with Crippen molar-refractivity contribution in [2.45, 2.75) is 58.9 Å². The van der Waals surface area contributed by atoms with Gasteiger partial charge in [0.1, 0.15) is 0 Å². The third-order valence-electron chi connectivity index (χ3n) is 3.53. The number of benzene rings is 1. The lowest BCUT2D eigenvalue weighted by Crippen LogP contribution is -2.14. The number of hydrogen-bond donors (Lipinski definition) is 1. The van der Waals surface area contributed by atoms with Crippen LogP contribution < -0.4 is 14.8 Å². The first-order chi connectivity index (χ1) is 10.7. The topological polar surface area (TPSA) is 30.5 Å². The Morgan fingerprint density at radius 2 is 1.82 bits per heavy atom. The summed E-state index contributed by atoms with van der Waals surface area (Å²) in [6.45, 7) is 6.80. The van der Waals surface area contributed by atoms with Gasteiger partial charge in [0.2, 0.25) is 0 Å². The average molecular weight is 328 g/mol. The molecule has 4 heteroatoms. The molecule has 0 aliphatic rings. The van der Waals surface area contributed by atoms with E-state index in [-0.39, 0.29) is 0 Å². The molecule has 1 rings (SSSR count). The van der Waals surface area contributed by atoms with E-state index in [9.17, 15) is 0 Å². The van der Waals surface area contributed by atoms with Crippen molar-refractivity contribution in [3.63, 3.8) is 0 Å². The molecule has 0 radical (unpaired) electrons.